The van der Waals surface area contributed by atoms with Gasteiger partial charge in [-0.2, -0.15) is 0 Å². The number of rotatable bonds is 3. The fourth-order valence-electron chi connectivity index (χ4n) is 2.10. The van der Waals surface area contributed by atoms with Crippen molar-refractivity contribution in [3.05, 3.63) is 17.0 Å². The van der Waals surface area contributed by atoms with Crippen LogP contribution in [0.1, 0.15) is 23.3 Å². The number of carbonyl (C=O) groups excluding carboxylic acids is 2. The van der Waals surface area contributed by atoms with Crippen LogP contribution < -0.4 is 10.6 Å². The summed E-state index contributed by atoms with van der Waals surface area (Å²) in [6, 6.07) is 1.01. The molecule has 2 N–H and O–H groups in total. The fraction of sp³-hybridized carbons (Fsp3) is 0.455. The minimum Gasteiger partial charge on any atom is -0.464 e. The first-order chi connectivity index (χ1) is 9.02. The van der Waals surface area contributed by atoms with Crippen molar-refractivity contribution in [3.8, 4) is 0 Å². The van der Waals surface area contributed by atoms with Gasteiger partial charge in [-0.05, 0) is 24.4 Å². The van der Waals surface area contributed by atoms with Crippen LogP contribution in [0.4, 0.5) is 5.82 Å². The van der Waals surface area contributed by atoms with E-state index in [1.807, 2.05) is 0 Å². The molecule has 1 unspecified atom stereocenters. The van der Waals surface area contributed by atoms with Crippen molar-refractivity contribution in [1.82, 2.24) is 9.97 Å². The normalized spacial score (nSPS) is 18.4. The molecule has 8 heteroatoms. The van der Waals surface area contributed by atoms with Gasteiger partial charge < -0.3 is 15.4 Å². The number of nitrogens with two attached hydrogens (primary N) is 1. The summed E-state index contributed by atoms with van der Waals surface area (Å²) >= 11 is 5.78. The van der Waals surface area contributed by atoms with E-state index in [4.69, 9.17) is 17.3 Å². The Labute approximate surface area is 114 Å². The molecule has 2 heterocycles. The van der Waals surface area contributed by atoms with Crippen LogP contribution in [0, 0.1) is 0 Å². The number of nitrogens with zero attached hydrogens (tertiary/aromatic N) is 3. The van der Waals surface area contributed by atoms with E-state index in [2.05, 4.69) is 14.7 Å². The molecule has 1 fully saturated rings. The Kier molecular flexibility index (Phi) is 3.84. The van der Waals surface area contributed by atoms with Crippen LogP contribution in [-0.4, -0.2) is 41.5 Å². The number of carbonyl (C=O) groups is 2. The summed E-state index contributed by atoms with van der Waals surface area (Å²) in [7, 11) is 1.25. The molecule has 1 aromatic heterocycles. The van der Waals surface area contributed by atoms with E-state index in [-0.39, 0.29) is 11.0 Å². The Balaban J connectivity index is 2.36. The quantitative estimate of drug-likeness (QED) is 0.636. The molecule has 1 saturated heterocycles. The van der Waals surface area contributed by atoms with Gasteiger partial charge in [-0.15, -0.1) is 0 Å². The van der Waals surface area contributed by atoms with Crippen molar-refractivity contribution < 1.29 is 14.3 Å². The van der Waals surface area contributed by atoms with E-state index in [0.717, 1.165) is 6.42 Å². The Morgan fingerprint density at radius 1 is 1.53 bits per heavy atom. The maximum absolute atomic E-state index is 11.5. The lowest BCUT2D eigenvalue weighted by atomic mass is 10.2. The molecule has 1 aromatic rings. The zero-order valence-electron chi connectivity index (χ0n) is 10.3. The molecule has 1 aliphatic rings. The van der Waals surface area contributed by atoms with Gasteiger partial charge in [0.25, 0.3) is 0 Å². The smallest absolute Gasteiger partial charge is 0.356 e. The Bertz CT molecular complexity index is 523. The molecule has 1 atom stereocenters. The second kappa shape index (κ2) is 5.40. The minimum absolute atomic E-state index is 0.0487. The number of hydrogen-bond donors (Lipinski definition) is 1. The second-order valence-corrected chi connectivity index (χ2v) is 4.46. The molecule has 1 amide bonds. The summed E-state index contributed by atoms with van der Waals surface area (Å²) in [5.41, 5.74) is 5.39. The number of amides is 1. The third-order valence-electron chi connectivity index (χ3n) is 2.96. The van der Waals surface area contributed by atoms with Crippen molar-refractivity contribution >= 4 is 29.3 Å². The van der Waals surface area contributed by atoms with E-state index in [0.29, 0.717) is 18.8 Å². The molecule has 0 saturated carbocycles. The summed E-state index contributed by atoms with van der Waals surface area (Å²) in [4.78, 5) is 32.4. The second-order valence-electron chi connectivity index (χ2n) is 4.13. The largest absolute Gasteiger partial charge is 0.464 e. The molecule has 1 aliphatic heterocycles. The molecule has 0 aliphatic carbocycles. The van der Waals surface area contributed by atoms with Gasteiger partial charge in [-0.25, -0.2) is 14.8 Å². The lowest BCUT2D eigenvalue weighted by molar-refractivity contribution is -0.119. The molecule has 102 valence electrons. The average molecular weight is 285 g/mol. The van der Waals surface area contributed by atoms with Crippen LogP contribution in [0.5, 0.6) is 0 Å². The van der Waals surface area contributed by atoms with Crippen molar-refractivity contribution in [1.29, 1.82) is 0 Å². The summed E-state index contributed by atoms with van der Waals surface area (Å²) in [6.07, 6.45) is 1.48. The highest BCUT2D eigenvalue weighted by molar-refractivity contribution is 6.28. The van der Waals surface area contributed by atoms with Gasteiger partial charge in [-0.1, -0.05) is 0 Å². The first kappa shape index (κ1) is 13.5. The van der Waals surface area contributed by atoms with Crippen LogP contribution in [-0.2, 0) is 9.53 Å². The van der Waals surface area contributed by atoms with E-state index < -0.39 is 17.9 Å². The highest BCUT2D eigenvalue weighted by Gasteiger charge is 2.30. The third-order valence-corrected chi connectivity index (χ3v) is 3.12. The molecule has 0 radical (unpaired) electrons. The molecule has 7 nitrogen and oxygen atoms in total. The lowest BCUT2D eigenvalue weighted by Crippen LogP contribution is -2.40. The van der Waals surface area contributed by atoms with Crippen LogP contribution in [0.15, 0.2) is 6.07 Å². The topological polar surface area (TPSA) is 98.4 Å². The predicted molar refractivity (Wildman–Crippen MR) is 67.9 cm³/mol. The maximum Gasteiger partial charge on any atom is 0.356 e. The van der Waals surface area contributed by atoms with Gasteiger partial charge in [0.2, 0.25) is 11.2 Å². The van der Waals surface area contributed by atoms with Crippen LogP contribution in [0.25, 0.3) is 0 Å². The molecule has 0 bridgehead atoms. The monoisotopic (exact) mass is 284 g/mol. The highest BCUT2D eigenvalue weighted by atomic mass is 35.5. The van der Waals surface area contributed by atoms with Crippen LogP contribution >= 0.6 is 11.6 Å². The van der Waals surface area contributed by atoms with Crippen LogP contribution in [0.3, 0.4) is 0 Å². The summed E-state index contributed by atoms with van der Waals surface area (Å²) in [5.74, 6) is -0.631. The Morgan fingerprint density at radius 2 is 2.26 bits per heavy atom. The van der Waals surface area contributed by atoms with Gasteiger partial charge in [-0.3, -0.25) is 4.79 Å². The first-order valence-electron chi connectivity index (χ1n) is 5.72. The van der Waals surface area contributed by atoms with E-state index in [1.54, 1.807) is 4.90 Å². The van der Waals surface area contributed by atoms with Gasteiger partial charge in [0, 0.05) is 12.6 Å². The number of aromatic nitrogens is 2. The Morgan fingerprint density at radius 3 is 2.89 bits per heavy atom. The van der Waals surface area contributed by atoms with E-state index in [1.165, 1.54) is 13.2 Å². The summed E-state index contributed by atoms with van der Waals surface area (Å²) < 4.78 is 4.59. The van der Waals surface area contributed by atoms with E-state index in [9.17, 15) is 9.59 Å². The number of esters is 1. The van der Waals surface area contributed by atoms with Gasteiger partial charge in [0.1, 0.15) is 11.9 Å². The third kappa shape index (κ3) is 2.76. The molecule has 0 spiro atoms. The predicted octanol–water partition coefficient (Wildman–Crippen LogP) is 0.371. The van der Waals surface area contributed by atoms with E-state index >= 15 is 0 Å². The fourth-order valence-corrected chi connectivity index (χ4v) is 2.28. The minimum atomic E-state index is -0.611. The zero-order chi connectivity index (χ0) is 14.0. The standard InChI is InChI=1S/C11H13ClN4O3/c1-19-10(18)6-5-8(15-11(12)14-6)16-4-2-3-7(16)9(13)17/h5,7H,2-4H2,1H3,(H2,13,17). The van der Waals surface area contributed by atoms with Crippen molar-refractivity contribution in [3.63, 3.8) is 0 Å². The van der Waals surface area contributed by atoms with Crippen molar-refractivity contribution in [2.24, 2.45) is 5.73 Å². The Hall–Kier alpha value is -1.89. The summed E-state index contributed by atoms with van der Waals surface area (Å²) in [6.45, 7) is 0.627. The number of anilines is 1. The number of methoxy groups -OCH3 is 1. The number of hydrogen-bond acceptors (Lipinski definition) is 6. The highest BCUT2D eigenvalue weighted by Crippen LogP contribution is 2.25. The number of ether oxygens (including phenoxy) is 1. The maximum atomic E-state index is 11.5. The van der Waals surface area contributed by atoms with Crippen molar-refractivity contribution in [2.45, 2.75) is 18.9 Å². The molecule has 19 heavy (non-hydrogen) atoms. The summed E-state index contributed by atoms with van der Waals surface area (Å²) in [5, 5.41) is -0.0759. The molecular weight excluding hydrogens is 272 g/mol. The number of primary amides is 1. The van der Waals surface area contributed by atoms with Gasteiger partial charge >= 0.3 is 5.97 Å². The first-order valence-corrected chi connectivity index (χ1v) is 6.09. The average Bonchev–Trinajstić information content (AvgIpc) is 2.86. The zero-order valence-corrected chi connectivity index (χ0v) is 11.1. The molecule has 2 rings (SSSR count). The molecular formula is C11H13ClN4O3. The number of halogens is 1. The molecule has 0 aromatic carbocycles. The van der Waals surface area contributed by atoms with Gasteiger partial charge in [0.05, 0.1) is 7.11 Å². The SMILES string of the molecule is COC(=O)c1cc(N2CCCC2C(N)=O)nc(Cl)n1. The van der Waals surface area contributed by atoms with Crippen LogP contribution in [0.2, 0.25) is 5.28 Å². The van der Waals surface area contributed by atoms with Gasteiger partial charge in [0.15, 0.2) is 5.69 Å². The van der Waals surface area contributed by atoms with Crippen molar-refractivity contribution in [2.75, 3.05) is 18.6 Å². The lowest BCUT2D eigenvalue weighted by Gasteiger charge is -2.23.